The van der Waals surface area contributed by atoms with E-state index in [9.17, 15) is 14.4 Å². The van der Waals surface area contributed by atoms with Crippen LogP contribution in [0.4, 0.5) is 0 Å². The van der Waals surface area contributed by atoms with Gasteiger partial charge < -0.3 is 26.2 Å². The molecule has 0 aromatic heterocycles. The van der Waals surface area contributed by atoms with Crippen LogP contribution < -0.4 is 16.4 Å². The first-order chi connectivity index (χ1) is 22.7. The number of carbonyl (C=O) groups excluding carboxylic acids is 3. The average molecular weight is 639 g/mol. The van der Waals surface area contributed by atoms with E-state index in [2.05, 4.69) is 27.8 Å². The molecule has 9 heteroatoms. The maximum atomic E-state index is 14.3. The largest absolute Gasteiger partial charge is 0.388 e. The summed E-state index contributed by atoms with van der Waals surface area (Å²) in [4.78, 5) is 49.8. The Morgan fingerprint density at radius 3 is 2.06 bits per heavy atom. The lowest BCUT2D eigenvalue weighted by atomic mass is 10.0. The van der Waals surface area contributed by atoms with Gasteiger partial charge in [-0.05, 0) is 69.7 Å². The van der Waals surface area contributed by atoms with Crippen molar-refractivity contribution >= 4 is 23.6 Å². The molecule has 1 saturated heterocycles. The summed E-state index contributed by atoms with van der Waals surface area (Å²) in [5, 5.41) is 5.99. The van der Waals surface area contributed by atoms with Gasteiger partial charge in [0.25, 0.3) is 0 Å². The number of nitrogens with one attached hydrogen (secondary N) is 2. The molecule has 4 rings (SSSR count). The van der Waals surface area contributed by atoms with Crippen LogP contribution in [0.3, 0.4) is 0 Å². The summed E-state index contributed by atoms with van der Waals surface area (Å²) in [7, 11) is 1.73. The van der Waals surface area contributed by atoms with E-state index in [1.807, 2.05) is 88.7 Å². The number of hydrogen-bond donors (Lipinski definition) is 3. The number of hydrogen-bond acceptors (Lipinski definition) is 5. The van der Waals surface area contributed by atoms with E-state index < -0.39 is 18.1 Å². The van der Waals surface area contributed by atoms with Gasteiger partial charge in [-0.15, -0.1) is 0 Å². The van der Waals surface area contributed by atoms with E-state index in [4.69, 9.17) is 5.73 Å². The van der Waals surface area contributed by atoms with E-state index in [1.165, 1.54) is 0 Å². The molecular weight excluding hydrogens is 588 g/mol. The molecular formula is C38H50N6O3. The molecule has 1 fully saturated rings. The first-order valence-electron chi connectivity index (χ1n) is 16.7. The van der Waals surface area contributed by atoms with Crippen molar-refractivity contribution in [2.75, 3.05) is 26.7 Å². The van der Waals surface area contributed by atoms with Crippen LogP contribution in [0.25, 0.3) is 0 Å². The zero-order valence-electron chi connectivity index (χ0n) is 28.0. The summed E-state index contributed by atoms with van der Waals surface area (Å²) >= 11 is 0. The molecule has 0 saturated carbocycles. The molecule has 3 aromatic carbocycles. The molecule has 0 aliphatic carbocycles. The predicted octanol–water partition coefficient (Wildman–Crippen LogP) is 3.76. The minimum Gasteiger partial charge on any atom is -0.388 e. The van der Waals surface area contributed by atoms with E-state index >= 15 is 0 Å². The lowest BCUT2D eigenvalue weighted by Crippen LogP contribution is -2.55. The van der Waals surface area contributed by atoms with Crippen molar-refractivity contribution in [3.05, 3.63) is 108 Å². The summed E-state index contributed by atoms with van der Waals surface area (Å²) in [5.74, 6) is -0.0706. The number of aliphatic imine (C=N–C) groups is 1. The Balaban J connectivity index is 1.56. The van der Waals surface area contributed by atoms with Crippen LogP contribution in [-0.2, 0) is 33.6 Å². The van der Waals surface area contributed by atoms with Gasteiger partial charge in [0.2, 0.25) is 17.7 Å². The number of nitrogens with two attached hydrogens (primary N) is 1. The molecule has 1 heterocycles. The third-order valence-electron chi connectivity index (χ3n) is 8.84. The van der Waals surface area contributed by atoms with Crippen LogP contribution in [0.2, 0.25) is 0 Å². The fourth-order valence-corrected chi connectivity index (χ4v) is 6.09. The summed E-state index contributed by atoms with van der Waals surface area (Å²) in [6.07, 6.45) is 3.85. The molecule has 250 valence electrons. The van der Waals surface area contributed by atoms with Crippen LogP contribution in [0.5, 0.6) is 0 Å². The minimum absolute atomic E-state index is 0.104. The molecule has 1 aliphatic rings. The van der Waals surface area contributed by atoms with Gasteiger partial charge in [-0.1, -0.05) is 91.0 Å². The number of carbonyl (C=O) groups is 3. The lowest BCUT2D eigenvalue weighted by Gasteiger charge is -2.34. The summed E-state index contributed by atoms with van der Waals surface area (Å²) in [5.41, 5.74) is 9.28. The highest BCUT2D eigenvalue weighted by Gasteiger charge is 2.36. The quantitative estimate of drug-likeness (QED) is 0.163. The molecule has 0 unspecified atom stereocenters. The lowest BCUT2D eigenvalue weighted by molar-refractivity contribution is -0.140. The fraction of sp³-hybridized carbons (Fsp3) is 0.421. The van der Waals surface area contributed by atoms with E-state index in [1.54, 1.807) is 20.9 Å². The number of rotatable bonds is 16. The third kappa shape index (κ3) is 10.8. The number of benzene rings is 3. The van der Waals surface area contributed by atoms with Crippen molar-refractivity contribution in [3.8, 4) is 0 Å². The molecule has 4 N–H and O–H groups in total. The molecule has 0 radical (unpaired) electrons. The highest BCUT2D eigenvalue weighted by Crippen LogP contribution is 2.22. The summed E-state index contributed by atoms with van der Waals surface area (Å²) in [6.45, 7) is 4.93. The van der Waals surface area contributed by atoms with Crippen LogP contribution in [-0.4, -0.2) is 84.2 Å². The van der Waals surface area contributed by atoms with Gasteiger partial charge in [0.1, 0.15) is 12.1 Å². The van der Waals surface area contributed by atoms with Crippen molar-refractivity contribution in [1.82, 2.24) is 20.4 Å². The number of aryl methyl sites for hydroxylation is 1. The Hall–Kier alpha value is -4.50. The Kier molecular flexibility index (Phi) is 13.5. The minimum atomic E-state index is -0.678. The van der Waals surface area contributed by atoms with Crippen LogP contribution in [0.1, 0.15) is 49.8 Å². The van der Waals surface area contributed by atoms with Crippen molar-refractivity contribution in [3.63, 3.8) is 0 Å². The summed E-state index contributed by atoms with van der Waals surface area (Å²) < 4.78 is 0. The van der Waals surface area contributed by atoms with Crippen LogP contribution in [0.15, 0.2) is 96.0 Å². The molecule has 9 nitrogen and oxygen atoms in total. The first kappa shape index (κ1) is 35.4. The van der Waals surface area contributed by atoms with Gasteiger partial charge in [0, 0.05) is 32.1 Å². The summed E-state index contributed by atoms with van der Waals surface area (Å²) in [6, 6.07) is 28.0. The van der Waals surface area contributed by atoms with E-state index in [0.717, 1.165) is 29.5 Å². The van der Waals surface area contributed by atoms with Gasteiger partial charge in [0.05, 0.1) is 11.9 Å². The fourth-order valence-electron chi connectivity index (χ4n) is 6.09. The Bertz CT molecular complexity index is 1450. The molecule has 4 atom stereocenters. The normalized spacial score (nSPS) is 16.7. The molecule has 0 spiro atoms. The van der Waals surface area contributed by atoms with Gasteiger partial charge in [-0.3, -0.25) is 19.4 Å². The Morgan fingerprint density at radius 2 is 1.49 bits per heavy atom. The SMILES string of the molecule is CN[C@@H](C)C(=O)N[C@@H](CCc1ccccc1)C(=O)N1CCC[C@H]1CN(CCc1ccccc1)C(=O)[C@@H](Cc1ccccc1)N=C(C)N. The third-order valence-corrected chi connectivity index (χ3v) is 8.84. The van der Waals surface area contributed by atoms with Crippen LogP contribution in [0, 0.1) is 0 Å². The monoisotopic (exact) mass is 638 g/mol. The Morgan fingerprint density at radius 1 is 0.915 bits per heavy atom. The maximum Gasteiger partial charge on any atom is 0.247 e. The number of likely N-dealkylation sites (tertiary alicyclic amines) is 1. The smallest absolute Gasteiger partial charge is 0.247 e. The number of likely N-dealkylation sites (N-methyl/N-ethyl adjacent to an activating group) is 1. The van der Waals surface area contributed by atoms with Crippen molar-refractivity contribution < 1.29 is 14.4 Å². The molecule has 47 heavy (non-hydrogen) atoms. The predicted molar refractivity (Wildman–Crippen MR) is 188 cm³/mol. The van der Waals surface area contributed by atoms with E-state index in [-0.39, 0.29) is 23.8 Å². The van der Waals surface area contributed by atoms with Crippen molar-refractivity contribution in [2.24, 2.45) is 10.7 Å². The maximum absolute atomic E-state index is 14.3. The van der Waals surface area contributed by atoms with Crippen molar-refractivity contribution in [2.45, 2.75) is 76.5 Å². The van der Waals surface area contributed by atoms with Crippen molar-refractivity contribution in [1.29, 1.82) is 0 Å². The second-order valence-electron chi connectivity index (χ2n) is 12.4. The van der Waals surface area contributed by atoms with Crippen LogP contribution >= 0.6 is 0 Å². The second kappa shape index (κ2) is 18.0. The molecule has 1 aliphatic heterocycles. The zero-order valence-corrected chi connectivity index (χ0v) is 28.0. The van der Waals surface area contributed by atoms with Gasteiger partial charge in [0.15, 0.2) is 0 Å². The first-order valence-corrected chi connectivity index (χ1v) is 16.7. The highest BCUT2D eigenvalue weighted by molar-refractivity contribution is 5.90. The van der Waals surface area contributed by atoms with Gasteiger partial charge in [-0.25, -0.2) is 0 Å². The number of nitrogens with zero attached hydrogens (tertiary/aromatic N) is 3. The molecule has 3 aromatic rings. The molecule has 3 amide bonds. The number of amidine groups is 1. The Labute approximate surface area is 279 Å². The highest BCUT2D eigenvalue weighted by atomic mass is 16.2. The zero-order chi connectivity index (χ0) is 33.6. The second-order valence-corrected chi connectivity index (χ2v) is 12.4. The standard InChI is InChI=1S/C38H50N6O3/c1-28(40-3)36(45)42-34(22-21-30-14-7-4-8-15-30)38(47)44-24-13-20-33(44)27-43(25-23-31-16-9-5-10-17-31)37(46)35(41-29(2)39)26-32-18-11-6-12-19-32/h4-12,14-19,28,33-35,40H,13,20-27H2,1-3H3,(H2,39,41)(H,42,45)/t28-,33-,34-,35+/m0/s1. The van der Waals surface area contributed by atoms with E-state index in [0.29, 0.717) is 51.2 Å². The molecule has 0 bridgehead atoms. The number of amides is 3. The average Bonchev–Trinajstić information content (AvgIpc) is 3.56. The topological polar surface area (TPSA) is 120 Å². The van der Waals surface area contributed by atoms with Gasteiger partial charge >= 0.3 is 0 Å². The van der Waals surface area contributed by atoms with Gasteiger partial charge in [-0.2, -0.15) is 0 Å².